The van der Waals surface area contributed by atoms with E-state index in [1.165, 1.54) is 0 Å². The van der Waals surface area contributed by atoms with Crippen molar-refractivity contribution in [3.8, 4) is 0 Å². The van der Waals surface area contributed by atoms with Crippen LogP contribution in [0.2, 0.25) is 5.02 Å². The Morgan fingerprint density at radius 2 is 1.45 bits per heavy atom. The Morgan fingerprint density at radius 3 is 1.82 bits per heavy atom. The molecule has 0 saturated carbocycles. The van der Waals surface area contributed by atoms with Crippen LogP contribution in [-0.4, -0.2) is 4.98 Å². The Morgan fingerprint density at radius 1 is 1.09 bits per heavy atom. The molecule has 0 bridgehead atoms. The quantitative estimate of drug-likeness (QED) is 0.629. The number of nitrogens with zero attached hydrogens (tertiary/aromatic N) is 1. The van der Waals surface area contributed by atoms with Crippen LogP contribution in [0.15, 0.2) is 0 Å². The predicted octanol–water partition coefficient (Wildman–Crippen LogP) is 1.18. The third-order valence-corrected chi connectivity index (χ3v) is 1.41. The topological polar surface area (TPSA) is 64.9 Å². The normalized spacial score (nSPS) is 10.1. The number of hydrogen-bond donors (Lipinski definition) is 2. The van der Waals surface area contributed by atoms with Gasteiger partial charge in [0.2, 0.25) is 0 Å². The van der Waals surface area contributed by atoms with Gasteiger partial charge in [0.05, 0.1) is 0 Å². The number of rotatable bonds is 0. The van der Waals surface area contributed by atoms with Crippen molar-refractivity contribution < 1.29 is 8.78 Å². The molecule has 0 atom stereocenters. The van der Waals surface area contributed by atoms with E-state index in [1.807, 2.05) is 0 Å². The SMILES string of the molecule is Nc1nc(N)c(F)c(Cl)c1F. The van der Waals surface area contributed by atoms with Crippen molar-refractivity contribution in [2.24, 2.45) is 0 Å². The lowest BCUT2D eigenvalue weighted by Gasteiger charge is -2.01. The van der Waals surface area contributed by atoms with Crippen LogP contribution >= 0.6 is 11.6 Å². The lowest BCUT2D eigenvalue weighted by Crippen LogP contribution is -2.03. The van der Waals surface area contributed by atoms with Gasteiger partial charge in [0, 0.05) is 0 Å². The second-order valence-corrected chi connectivity index (χ2v) is 2.20. The summed E-state index contributed by atoms with van der Waals surface area (Å²) in [6, 6.07) is 0. The summed E-state index contributed by atoms with van der Waals surface area (Å²) in [6.07, 6.45) is 0. The van der Waals surface area contributed by atoms with Gasteiger partial charge in [0.1, 0.15) is 5.02 Å². The average Bonchev–Trinajstić information content (AvgIpc) is 1.97. The summed E-state index contributed by atoms with van der Waals surface area (Å²) in [5.74, 6) is -3.18. The zero-order valence-corrected chi connectivity index (χ0v) is 5.99. The van der Waals surface area contributed by atoms with Crippen LogP contribution in [0.25, 0.3) is 0 Å². The van der Waals surface area contributed by atoms with Crippen molar-refractivity contribution in [2.75, 3.05) is 11.5 Å². The second-order valence-electron chi connectivity index (χ2n) is 1.82. The minimum Gasteiger partial charge on any atom is -0.381 e. The molecule has 1 aromatic rings. The minimum atomic E-state index is -1.08. The molecule has 0 spiro atoms. The van der Waals surface area contributed by atoms with E-state index in [2.05, 4.69) is 4.98 Å². The lowest BCUT2D eigenvalue weighted by atomic mass is 10.4. The summed E-state index contributed by atoms with van der Waals surface area (Å²) in [5.41, 5.74) is 9.95. The van der Waals surface area contributed by atoms with Gasteiger partial charge in [-0.2, -0.15) is 0 Å². The standard InChI is InChI=1S/C5H4ClF2N3/c6-1-2(7)4(9)11-5(10)3(1)8/h(H4,9,10,11). The fraction of sp³-hybridized carbons (Fsp3) is 0. The maximum absolute atomic E-state index is 12.6. The molecule has 0 radical (unpaired) electrons. The number of hydrogen-bond acceptors (Lipinski definition) is 3. The van der Waals surface area contributed by atoms with E-state index in [1.54, 1.807) is 0 Å². The van der Waals surface area contributed by atoms with Gasteiger partial charge < -0.3 is 11.5 Å². The number of aromatic nitrogens is 1. The van der Waals surface area contributed by atoms with Gasteiger partial charge in [-0.3, -0.25) is 0 Å². The Kier molecular flexibility index (Phi) is 1.82. The molecule has 4 N–H and O–H groups in total. The molecule has 0 fully saturated rings. The van der Waals surface area contributed by atoms with Crippen molar-refractivity contribution in [3.63, 3.8) is 0 Å². The lowest BCUT2D eigenvalue weighted by molar-refractivity contribution is 0.582. The van der Waals surface area contributed by atoms with E-state index in [-0.39, 0.29) is 0 Å². The van der Waals surface area contributed by atoms with Gasteiger partial charge >= 0.3 is 0 Å². The minimum absolute atomic E-state index is 0.506. The Hall–Kier alpha value is -1.10. The van der Waals surface area contributed by atoms with Gasteiger partial charge in [0.25, 0.3) is 0 Å². The molecule has 0 aliphatic heterocycles. The van der Waals surface area contributed by atoms with Crippen LogP contribution in [0.5, 0.6) is 0 Å². The molecule has 0 aliphatic carbocycles. The molecule has 3 nitrogen and oxygen atoms in total. The highest BCUT2D eigenvalue weighted by atomic mass is 35.5. The van der Waals surface area contributed by atoms with Crippen LogP contribution in [0.1, 0.15) is 0 Å². The number of nitrogen functional groups attached to an aromatic ring is 2. The van der Waals surface area contributed by atoms with Crippen LogP contribution in [0, 0.1) is 11.6 Å². The molecule has 1 aromatic heterocycles. The second kappa shape index (κ2) is 2.50. The van der Waals surface area contributed by atoms with Crippen molar-refractivity contribution in [2.45, 2.75) is 0 Å². The molecular weight excluding hydrogens is 176 g/mol. The highest BCUT2D eigenvalue weighted by molar-refractivity contribution is 6.31. The maximum atomic E-state index is 12.6. The molecule has 0 amide bonds. The third-order valence-electron chi connectivity index (χ3n) is 1.08. The van der Waals surface area contributed by atoms with Crippen LogP contribution in [0.3, 0.4) is 0 Å². The molecule has 0 aromatic carbocycles. The average molecular weight is 180 g/mol. The van der Waals surface area contributed by atoms with E-state index >= 15 is 0 Å². The van der Waals surface area contributed by atoms with Gasteiger partial charge in [-0.05, 0) is 0 Å². The monoisotopic (exact) mass is 179 g/mol. The Balaban J connectivity index is 3.46. The summed E-state index contributed by atoms with van der Waals surface area (Å²) < 4.78 is 25.1. The summed E-state index contributed by atoms with van der Waals surface area (Å²) in [4.78, 5) is 3.15. The van der Waals surface area contributed by atoms with Gasteiger partial charge in [-0.25, -0.2) is 13.8 Å². The number of anilines is 2. The first-order chi connectivity index (χ1) is 5.04. The number of halogens is 3. The first-order valence-corrected chi connectivity index (χ1v) is 2.97. The molecule has 1 heterocycles. The van der Waals surface area contributed by atoms with Crippen LogP contribution < -0.4 is 11.5 Å². The molecule has 0 unspecified atom stereocenters. The van der Waals surface area contributed by atoms with Crippen molar-refractivity contribution in [1.29, 1.82) is 0 Å². The van der Waals surface area contributed by atoms with Crippen LogP contribution in [0.4, 0.5) is 20.4 Å². The molecular formula is C5H4ClF2N3. The molecule has 6 heteroatoms. The zero-order chi connectivity index (χ0) is 8.59. The largest absolute Gasteiger partial charge is 0.381 e. The smallest absolute Gasteiger partial charge is 0.186 e. The summed E-state index contributed by atoms with van der Waals surface area (Å²) in [7, 11) is 0. The maximum Gasteiger partial charge on any atom is 0.186 e. The van der Waals surface area contributed by atoms with Gasteiger partial charge in [0.15, 0.2) is 23.3 Å². The summed E-state index contributed by atoms with van der Waals surface area (Å²) in [5, 5.41) is -0.727. The molecule has 0 aliphatic rings. The fourth-order valence-electron chi connectivity index (χ4n) is 0.549. The third kappa shape index (κ3) is 1.19. The van der Waals surface area contributed by atoms with E-state index in [0.29, 0.717) is 0 Å². The van der Waals surface area contributed by atoms with E-state index < -0.39 is 28.3 Å². The van der Waals surface area contributed by atoms with E-state index in [0.717, 1.165) is 0 Å². The summed E-state index contributed by atoms with van der Waals surface area (Å²) in [6.45, 7) is 0. The summed E-state index contributed by atoms with van der Waals surface area (Å²) >= 11 is 5.14. The van der Waals surface area contributed by atoms with Crippen molar-refractivity contribution in [1.82, 2.24) is 4.98 Å². The Bertz CT molecular complexity index is 276. The first kappa shape index (κ1) is 8.00. The van der Waals surface area contributed by atoms with Crippen LogP contribution in [-0.2, 0) is 0 Å². The van der Waals surface area contributed by atoms with Crippen molar-refractivity contribution in [3.05, 3.63) is 16.7 Å². The predicted molar refractivity (Wildman–Crippen MR) is 38.0 cm³/mol. The highest BCUT2D eigenvalue weighted by Gasteiger charge is 2.14. The number of nitrogens with two attached hydrogens (primary N) is 2. The highest BCUT2D eigenvalue weighted by Crippen LogP contribution is 2.25. The van der Waals surface area contributed by atoms with Crippen molar-refractivity contribution >= 4 is 23.2 Å². The molecule has 0 saturated heterocycles. The van der Waals surface area contributed by atoms with Gasteiger partial charge in [-0.1, -0.05) is 11.6 Å². The van der Waals surface area contributed by atoms with Gasteiger partial charge in [-0.15, -0.1) is 0 Å². The molecule has 11 heavy (non-hydrogen) atoms. The number of pyridine rings is 1. The first-order valence-electron chi connectivity index (χ1n) is 2.59. The van der Waals surface area contributed by atoms with E-state index in [4.69, 9.17) is 23.1 Å². The molecule has 60 valence electrons. The zero-order valence-electron chi connectivity index (χ0n) is 5.24. The molecule has 1 rings (SSSR count). The Labute approximate surface area is 66.0 Å². The van der Waals surface area contributed by atoms with E-state index in [9.17, 15) is 8.78 Å². The fourth-order valence-corrected chi connectivity index (χ4v) is 0.743.